The van der Waals surface area contributed by atoms with E-state index in [0.717, 1.165) is 0 Å². The highest BCUT2D eigenvalue weighted by Crippen LogP contribution is 2.33. The van der Waals surface area contributed by atoms with E-state index in [-0.39, 0.29) is 17.3 Å². The molecule has 0 aliphatic rings. The van der Waals surface area contributed by atoms with Crippen molar-refractivity contribution in [3.05, 3.63) is 51.0 Å². The van der Waals surface area contributed by atoms with Crippen molar-refractivity contribution in [3.63, 3.8) is 0 Å². The third-order valence-electron chi connectivity index (χ3n) is 2.31. The van der Waals surface area contributed by atoms with Gasteiger partial charge in [0.2, 0.25) is 11.6 Å². The molecule has 1 aromatic heterocycles. The largest absolute Gasteiger partial charge is 0.432 e. The van der Waals surface area contributed by atoms with E-state index in [1.165, 1.54) is 12.1 Å². The van der Waals surface area contributed by atoms with Crippen molar-refractivity contribution in [3.8, 4) is 11.6 Å². The maximum atomic E-state index is 11.0. The Morgan fingerprint density at radius 2 is 2.16 bits per heavy atom. The highest BCUT2D eigenvalue weighted by Gasteiger charge is 2.16. The number of pyridine rings is 1. The number of aromatic nitrogens is 1. The molecule has 1 aromatic carbocycles. The predicted octanol–water partition coefficient (Wildman–Crippen LogP) is 3.59. The van der Waals surface area contributed by atoms with Gasteiger partial charge in [-0.15, -0.1) is 0 Å². The van der Waals surface area contributed by atoms with Gasteiger partial charge in [0, 0.05) is 23.7 Å². The zero-order chi connectivity index (χ0) is 13.8. The van der Waals surface area contributed by atoms with Gasteiger partial charge in [0.1, 0.15) is 5.82 Å². The third kappa shape index (κ3) is 3.19. The number of anilines is 1. The van der Waals surface area contributed by atoms with Crippen LogP contribution in [0.2, 0.25) is 0 Å². The Bertz CT molecular complexity index is 619. The number of ether oxygens (including phenoxy) is 1. The van der Waals surface area contributed by atoms with E-state index in [2.05, 4.69) is 26.2 Å². The summed E-state index contributed by atoms with van der Waals surface area (Å²) in [6.07, 6.45) is 0. The molecular weight excluding hydrogens is 314 g/mol. The van der Waals surface area contributed by atoms with Crippen molar-refractivity contribution in [2.24, 2.45) is 0 Å². The molecule has 0 aliphatic heterocycles. The Kier molecular flexibility index (Phi) is 3.96. The summed E-state index contributed by atoms with van der Waals surface area (Å²) in [4.78, 5) is 14.6. The average molecular weight is 324 g/mol. The maximum Gasteiger partial charge on any atom is 0.312 e. The quantitative estimate of drug-likeness (QED) is 0.687. The molecule has 0 atom stereocenters. The lowest BCUT2D eigenvalue weighted by Crippen LogP contribution is -1.97. The van der Waals surface area contributed by atoms with E-state index in [9.17, 15) is 10.1 Å². The fourth-order valence-electron chi connectivity index (χ4n) is 1.44. The smallest absolute Gasteiger partial charge is 0.312 e. The Hall–Kier alpha value is -2.15. The minimum atomic E-state index is -0.498. The first-order chi connectivity index (χ1) is 9.10. The van der Waals surface area contributed by atoms with Crippen LogP contribution >= 0.6 is 15.9 Å². The highest BCUT2D eigenvalue weighted by atomic mass is 79.9. The lowest BCUT2D eigenvalue weighted by molar-refractivity contribution is -0.385. The summed E-state index contributed by atoms with van der Waals surface area (Å²) in [6, 6.07) is 9.73. The number of nitro groups is 1. The van der Waals surface area contributed by atoms with Crippen LogP contribution in [0.25, 0.3) is 0 Å². The lowest BCUT2D eigenvalue weighted by Gasteiger charge is -2.07. The molecule has 0 saturated heterocycles. The molecule has 1 heterocycles. The number of nitro benzene ring substituents is 1. The van der Waals surface area contributed by atoms with Crippen molar-refractivity contribution < 1.29 is 9.66 Å². The van der Waals surface area contributed by atoms with Gasteiger partial charge in [-0.3, -0.25) is 10.1 Å². The zero-order valence-corrected chi connectivity index (χ0v) is 11.5. The summed E-state index contributed by atoms with van der Waals surface area (Å²) in [5, 5.41) is 13.8. The molecule has 0 bridgehead atoms. The van der Waals surface area contributed by atoms with Crippen molar-refractivity contribution in [1.29, 1.82) is 0 Å². The van der Waals surface area contributed by atoms with Gasteiger partial charge in [-0.1, -0.05) is 22.0 Å². The number of nitrogens with one attached hydrogen (secondary N) is 1. The minimum absolute atomic E-state index is 0.119. The van der Waals surface area contributed by atoms with Crippen LogP contribution in [0.3, 0.4) is 0 Å². The monoisotopic (exact) mass is 323 g/mol. The topological polar surface area (TPSA) is 77.3 Å². The molecule has 0 unspecified atom stereocenters. The average Bonchev–Trinajstić information content (AvgIpc) is 2.41. The molecular formula is C12H10BrN3O3. The second-order valence-corrected chi connectivity index (χ2v) is 4.50. The Morgan fingerprint density at radius 3 is 2.84 bits per heavy atom. The SMILES string of the molecule is CNc1cccc(Oc2ccc(Br)cc2[N+](=O)[O-])n1. The number of rotatable bonds is 4. The Balaban J connectivity index is 2.34. The van der Waals surface area contributed by atoms with Crippen LogP contribution in [0.5, 0.6) is 11.6 Å². The number of halogens is 1. The van der Waals surface area contributed by atoms with Gasteiger partial charge >= 0.3 is 5.69 Å². The summed E-state index contributed by atoms with van der Waals surface area (Å²) < 4.78 is 6.07. The van der Waals surface area contributed by atoms with Crippen LogP contribution in [-0.2, 0) is 0 Å². The molecule has 0 fully saturated rings. The molecule has 6 nitrogen and oxygen atoms in total. The molecule has 7 heteroatoms. The van der Waals surface area contributed by atoms with Crippen LogP contribution < -0.4 is 10.1 Å². The highest BCUT2D eigenvalue weighted by molar-refractivity contribution is 9.10. The predicted molar refractivity (Wildman–Crippen MR) is 74.7 cm³/mol. The van der Waals surface area contributed by atoms with Gasteiger partial charge in [0.05, 0.1) is 4.92 Å². The second-order valence-electron chi connectivity index (χ2n) is 3.58. The van der Waals surface area contributed by atoms with Gasteiger partial charge < -0.3 is 10.1 Å². The molecule has 0 saturated carbocycles. The van der Waals surface area contributed by atoms with Crippen molar-refractivity contribution >= 4 is 27.4 Å². The Morgan fingerprint density at radius 1 is 1.37 bits per heavy atom. The van der Waals surface area contributed by atoms with E-state index in [0.29, 0.717) is 10.3 Å². The number of nitrogens with zero attached hydrogens (tertiary/aromatic N) is 2. The van der Waals surface area contributed by atoms with Gasteiger partial charge in [-0.2, -0.15) is 4.98 Å². The first-order valence-corrected chi connectivity index (χ1v) is 6.16. The standard InChI is InChI=1S/C12H10BrN3O3/c1-14-11-3-2-4-12(15-11)19-10-6-5-8(13)7-9(10)16(17)18/h2-7H,1H3,(H,14,15). The van der Waals surface area contributed by atoms with Gasteiger partial charge in [0.15, 0.2) is 0 Å². The molecule has 0 radical (unpaired) electrons. The van der Waals surface area contributed by atoms with Crippen LogP contribution in [0.1, 0.15) is 0 Å². The van der Waals surface area contributed by atoms with E-state index >= 15 is 0 Å². The lowest BCUT2D eigenvalue weighted by atomic mass is 10.3. The normalized spacial score (nSPS) is 10.0. The van der Waals surface area contributed by atoms with Crippen molar-refractivity contribution in [2.45, 2.75) is 0 Å². The van der Waals surface area contributed by atoms with Crippen molar-refractivity contribution in [2.75, 3.05) is 12.4 Å². The molecule has 19 heavy (non-hydrogen) atoms. The van der Waals surface area contributed by atoms with Gasteiger partial charge in [0.25, 0.3) is 0 Å². The summed E-state index contributed by atoms with van der Waals surface area (Å²) in [5.74, 6) is 1.06. The summed E-state index contributed by atoms with van der Waals surface area (Å²) in [6.45, 7) is 0. The fourth-order valence-corrected chi connectivity index (χ4v) is 1.79. The van der Waals surface area contributed by atoms with Gasteiger partial charge in [-0.25, -0.2) is 0 Å². The van der Waals surface area contributed by atoms with Crippen LogP contribution in [0.15, 0.2) is 40.9 Å². The van der Waals surface area contributed by atoms with E-state index in [4.69, 9.17) is 4.74 Å². The minimum Gasteiger partial charge on any atom is -0.432 e. The van der Waals surface area contributed by atoms with Crippen molar-refractivity contribution in [1.82, 2.24) is 4.98 Å². The summed E-state index contributed by atoms with van der Waals surface area (Å²) >= 11 is 3.19. The van der Waals surface area contributed by atoms with E-state index in [1.807, 2.05) is 0 Å². The van der Waals surface area contributed by atoms with Crippen LogP contribution in [0.4, 0.5) is 11.5 Å². The van der Waals surface area contributed by atoms with Gasteiger partial charge in [-0.05, 0) is 18.2 Å². The summed E-state index contributed by atoms with van der Waals surface area (Å²) in [5.41, 5.74) is -0.119. The molecule has 0 amide bonds. The fraction of sp³-hybridized carbons (Fsp3) is 0.0833. The molecule has 98 valence electrons. The molecule has 1 N–H and O–H groups in total. The molecule has 2 aromatic rings. The van der Waals surface area contributed by atoms with Crippen LogP contribution in [-0.4, -0.2) is 17.0 Å². The maximum absolute atomic E-state index is 11.0. The molecule has 2 rings (SSSR count). The Labute approximate surface area is 117 Å². The summed E-state index contributed by atoms with van der Waals surface area (Å²) in [7, 11) is 1.73. The first kappa shape index (κ1) is 13.3. The van der Waals surface area contributed by atoms with E-state index < -0.39 is 4.92 Å². The third-order valence-corrected chi connectivity index (χ3v) is 2.81. The number of hydrogen-bond acceptors (Lipinski definition) is 5. The first-order valence-electron chi connectivity index (χ1n) is 5.37. The zero-order valence-electron chi connectivity index (χ0n) is 9.96. The second kappa shape index (κ2) is 5.66. The van der Waals surface area contributed by atoms with E-state index in [1.54, 1.807) is 31.3 Å². The van der Waals surface area contributed by atoms with Crippen LogP contribution in [0, 0.1) is 10.1 Å². The molecule has 0 spiro atoms. The number of hydrogen-bond donors (Lipinski definition) is 1. The number of benzene rings is 1. The molecule has 0 aliphatic carbocycles.